The fraction of sp³-hybridized carbons (Fsp3) is 1.00. The summed E-state index contributed by atoms with van der Waals surface area (Å²) in [7, 11) is 0. The summed E-state index contributed by atoms with van der Waals surface area (Å²) < 4.78 is 5.29. The van der Waals surface area contributed by atoms with Gasteiger partial charge in [0.05, 0.1) is 6.61 Å². The summed E-state index contributed by atoms with van der Waals surface area (Å²) in [6.07, 6.45) is 1.20. The van der Waals surface area contributed by atoms with Crippen LogP contribution in [0.15, 0.2) is 0 Å². The van der Waals surface area contributed by atoms with Gasteiger partial charge in [0.25, 0.3) is 0 Å². The van der Waals surface area contributed by atoms with Gasteiger partial charge in [-0.05, 0) is 18.3 Å². The standard InChI is InChI=1S/C10H22N2O/c1-8(2)10(11)6-12-5-9-3-4-13-7-9/h8-10,12H,3-7,11H2,1-2H3. The average Bonchev–Trinajstić information content (AvgIpc) is 2.56. The summed E-state index contributed by atoms with van der Waals surface area (Å²) >= 11 is 0. The van der Waals surface area contributed by atoms with E-state index in [1.54, 1.807) is 0 Å². The zero-order chi connectivity index (χ0) is 9.68. The highest BCUT2D eigenvalue weighted by Gasteiger charge is 2.15. The third-order valence-electron chi connectivity index (χ3n) is 2.69. The van der Waals surface area contributed by atoms with Crippen LogP contribution in [0.1, 0.15) is 20.3 Å². The Hall–Kier alpha value is -0.120. The van der Waals surface area contributed by atoms with E-state index in [2.05, 4.69) is 19.2 Å². The molecule has 78 valence electrons. The Bertz CT molecular complexity index is 131. The largest absolute Gasteiger partial charge is 0.381 e. The van der Waals surface area contributed by atoms with Gasteiger partial charge >= 0.3 is 0 Å². The van der Waals surface area contributed by atoms with Crippen LogP contribution in [0.25, 0.3) is 0 Å². The van der Waals surface area contributed by atoms with Gasteiger partial charge in [-0.15, -0.1) is 0 Å². The van der Waals surface area contributed by atoms with E-state index in [0.29, 0.717) is 11.8 Å². The van der Waals surface area contributed by atoms with Gasteiger partial charge in [-0.1, -0.05) is 13.8 Å². The minimum Gasteiger partial charge on any atom is -0.381 e. The van der Waals surface area contributed by atoms with Crippen LogP contribution in [0, 0.1) is 11.8 Å². The van der Waals surface area contributed by atoms with Crippen molar-refractivity contribution in [1.82, 2.24) is 5.32 Å². The van der Waals surface area contributed by atoms with Gasteiger partial charge in [-0.2, -0.15) is 0 Å². The lowest BCUT2D eigenvalue weighted by Crippen LogP contribution is -2.39. The Balaban J connectivity index is 1.99. The minimum atomic E-state index is 0.280. The molecule has 0 bridgehead atoms. The molecule has 3 nitrogen and oxygen atoms in total. The Labute approximate surface area is 81.0 Å². The van der Waals surface area contributed by atoms with Gasteiger partial charge in [0.2, 0.25) is 0 Å². The van der Waals surface area contributed by atoms with E-state index in [1.807, 2.05) is 0 Å². The molecular formula is C10H22N2O. The fourth-order valence-electron chi connectivity index (χ4n) is 1.43. The van der Waals surface area contributed by atoms with E-state index in [-0.39, 0.29) is 6.04 Å². The number of nitrogens with two attached hydrogens (primary N) is 1. The van der Waals surface area contributed by atoms with E-state index in [0.717, 1.165) is 26.3 Å². The van der Waals surface area contributed by atoms with Crippen LogP contribution in [-0.2, 0) is 4.74 Å². The molecule has 2 atom stereocenters. The van der Waals surface area contributed by atoms with Crippen molar-refractivity contribution in [3.63, 3.8) is 0 Å². The summed E-state index contributed by atoms with van der Waals surface area (Å²) in [5.74, 6) is 1.27. The van der Waals surface area contributed by atoms with Crippen LogP contribution in [0.4, 0.5) is 0 Å². The third kappa shape index (κ3) is 4.07. The Kier molecular flexibility index (Phi) is 4.70. The summed E-state index contributed by atoms with van der Waals surface area (Å²) in [6, 6.07) is 0.280. The monoisotopic (exact) mass is 186 g/mol. The molecule has 1 fully saturated rings. The molecule has 0 aromatic rings. The molecule has 0 aliphatic carbocycles. The summed E-state index contributed by atoms with van der Waals surface area (Å²) in [4.78, 5) is 0. The predicted molar refractivity (Wildman–Crippen MR) is 54.6 cm³/mol. The minimum absolute atomic E-state index is 0.280. The first-order chi connectivity index (χ1) is 6.20. The summed E-state index contributed by atoms with van der Waals surface area (Å²) in [6.45, 7) is 8.15. The molecule has 13 heavy (non-hydrogen) atoms. The van der Waals surface area contributed by atoms with Crippen molar-refractivity contribution < 1.29 is 4.74 Å². The number of nitrogens with one attached hydrogen (secondary N) is 1. The van der Waals surface area contributed by atoms with Gasteiger partial charge in [0.1, 0.15) is 0 Å². The molecule has 0 saturated carbocycles. The molecule has 1 rings (SSSR count). The van der Waals surface area contributed by atoms with Crippen LogP contribution in [0.5, 0.6) is 0 Å². The Morgan fingerprint density at radius 2 is 2.31 bits per heavy atom. The van der Waals surface area contributed by atoms with E-state index >= 15 is 0 Å². The van der Waals surface area contributed by atoms with E-state index < -0.39 is 0 Å². The van der Waals surface area contributed by atoms with Crippen LogP contribution in [0.3, 0.4) is 0 Å². The zero-order valence-corrected chi connectivity index (χ0v) is 8.75. The zero-order valence-electron chi connectivity index (χ0n) is 8.75. The van der Waals surface area contributed by atoms with Crippen LogP contribution >= 0.6 is 0 Å². The first-order valence-corrected chi connectivity index (χ1v) is 5.24. The molecule has 1 aliphatic rings. The van der Waals surface area contributed by atoms with Crippen LogP contribution in [0.2, 0.25) is 0 Å². The molecule has 0 spiro atoms. The molecule has 3 N–H and O–H groups in total. The normalized spacial score (nSPS) is 25.4. The summed E-state index contributed by atoms with van der Waals surface area (Å²) in [5.41, 5.74) is 5.91. The van der Waals surface area contributed by atoms with Crippen molar-refractivity contribution >= 4 is 0 Å². The second kappa shape index (κ2) is 5.58. The Morgan fingerprint density at radius 1 is 1.54 bits per heavy atom. The maximum Gasteiger partial charge on any atom is 0.0507 e. The van der Waals surface area contributed by atoms with Gasteiger partial charge in [-0.3, -0.25) is 0 Å². The molecule has 0 radical (unpaired) electrons. The van der Waals surface area contributed by atoms with Gasteiger partial charge in [-0.25, -0.2) is 0 Å². The van der Waals surface area contributed by atoms with Crippen LogP contribution in [-0.4, -0.2) is 32.3 Å². The maximum absolute atomic E-state index is 5.91. The number of ether oxygens (including phenoxy) is 1. The van der Waals surface area contributed by atoms with Gasteiger partial charge in [0, 0.05) is 25.7 Å². The molecular weight excluding hydrogens is 164 g/mol. The molecule has 0 amide bonds. The molecule has 1 saturated heterocycles. The highest BCUT2D eigenvalue weighted by Crippen LogP contribution is 2.10. The van der Waals surface area contributed by atoms with Crippen molar-refractivity contribution in [3.8, 4) is 0 Å². The number of hydrogen-bond acceptors (Lipinski definition) is 3. The lowest BCUT2D eigenvalue weighted by atomic mass is 10.1. The first-order valence-electron chi connectivity index (χ1n) is 5.24. The van der Waals surface area contributed by atoms with E-state index in [1.165, 1.54) is 6.42 Å². The van der Waals surface area contributed by atoms with Gasteiger partial charge < -0.3 is 15.8 Å². The molecule has 1 aliphatic heterocycles. The molecule has 0 aromatic carbocycles. The van der Waals surface area contributed by atoms with E-state index in [9.17, 15) is 0 Å². The Morgan fingerprint density at radius 3 is 2.85 bits per heavy atom. The lowest BCUT2D eigenvalue weighted by molar-refractivity contribution is 0.185. The van der Waals surface area contributed by atoms with Crippen molar-refractivity contribution in [3.05, 3.63) is 0 Å². The second-order valence-electron chi connectivity index (χ2n) is 4.30. The average molecular weight is 186 g/mol. The third-order valence-corrected chi connectivity index (χ3v) is 2.69. The van der Waals surface area contributed by atoms with Gasteiger partial charge in [0.15, 0.2) is 0 Å². The molecule has 1 heterocycles. The van der Waals surface area contributed by atoms with Crippen molar-refractivity contribution in [2.45, 2.75) is 26.3 Å². The van der Waals surface area contributed by atoms with Crippen LogP contribution < -0.4 is 11.1 Å². The SMILES string of the molecule is CC(C)C(N)CNCC1CCOC1. The summed E-state index contributed by atoms with van der Waals surface area (Å²) in [5, 5.41) is 3.40. The first kappa shape index (κ1) is 11.0. The lowest BCUT2D eigenvalue weighted by Gasteiger charge is -2.17. The maximum atomic E-state index is 5.91. The topological polar surface area (TPSA) is 47.3 Å². The number of hydrogen-bond donors (Lipinski definition) is 2. The quantitative estimate of drug-likeness (QED) is 0.661. The predicted octanol–water partition coefficient (Wildman–Crippen LogP) is 0.596. The van der Waals surface area contributed by atoms with Crippen molar-refractivity contribution in [2.24, 2.45) is 17.6 Å². The second-order valence-corrected chi connectivity index (χ2v) is 4.30. The molecule has 3 heteroatoms. The highest BCUT2D eigenvalue weighted by atomic mass is 16.5. The van der Waals surface area contributed by atoms with Crippen molar-refractivity contribution in [1.29, 1.82) is 0 Å². The highest BCUT2D eigenvalue weighted by molar-refractivity contribution is 4.71. The fourth-order valence-corrected chi connectivity index (χ4v) is 1.43. The molecule has 0 aromatic heterocycles. The molecule has 2 unspecified atom stereocenters. The van der Waals surface area contributed by atoms with E-state index in [4.69, 9.17) is 10.5 Å². The van der Waals surface area contributed by atoms with Crippen molar-refractivity contribution in [2.75, 3.05) is 26.3 Å². The smallest absolute Gasteiger partial charge is 0.0507 e. The number of rotatable bonds is 5.